The van der Waals surface area contributed by atoms with Crippen molar-refractivity contribution in [3.05, 3.63) is 40.3 Å². The molecule has 5 nitrogen and oxygen atoms in total. The molecular formula is C13H10N2O3S. The molecule has 0 atom stereocenters. The molecule has 1 aliphatic heterocycles. The number of aromatic nitrogens is 1. The summed E-state index contributed by atoms with van der Waals surface area (Å²) in [5, 5.41) is 5.30. The molecule has 0 bridgehead atoms. The number of hydrogen-bond acceptors (Lipinski definition) is 5. The van der Waals surface area contributed by atoms with Gasteiger partial charge in [0.2, 0.25) is 0 Å². The van der Waals surface area contributed by atoms with Crippen LogP contribution in [0.4, 0.5) is 5.69 Å². The maximum atomic E-state index is 12.1. The zero-order chi connectivity index (χ0) is 13.2. The summed E-state index contributed by atoms with van der Waals surface area (Å²) in [6.07, 6.45) is 1.94. The van der Waals surface area contributed by atoms with Crippen molar-refractivity contribution in [3.63, 3.8) is 0 Å². The van der Waals surface area contributed by atoms with E-state index in [2.05, 4.69) is 10.3 Å². The first-order valence-electron chi connectivity index (χ1n) is 5.70. The van der Waals surface area contributed by atoms with Crippen molar-refractivity contribution in [1.29, 1.82) is 0 Å². The number of ketones is 1. The molecule has 1 amide bonds. The van der Waals surface area contributed by atoms with Gasteiger partial charge in [0.15, 0.2) is 12.4 Å². The van der Waals surface area contributed by atoms with Crippen molar-refractivity contribution in [2.24, 2.45) is 0 Å². The largest absolute Gasteiger partial charge is 0.482 e. The fraction of sp³-hybridized carbons (Fsp3) is 0.154. The monoisotopic (exact) mass is 274 g/mol. The summed E-state index contributed by atoms with van der Waals surface area (Å²) in [5.41, 5.74) is 1.08. The summed E-state index contributed by atoms with van der Waals surface area (Å²) >= 11 is 1.45. The molecule has 0 aliphatic carbocycles. The third-order valence-corrected chi connectivity index (χ3v) is 3.51. The first-order valence-corrected chi connectivity index (χ1v) is 6.58. The molecule has 19 heavy (non-hydrogen) atoms. The lowest BCUT2D eigenvalue weighted by Crippen LogP contribution is -2.25. The molecule has 1 aliphatic rings. The fourth-order valence-electron chi connectivity index (χ4n) is 1.84. The molecule has 0 radical (unpaired) electrons. The summed E-state index contributed by atoms with van der Waals surface area (Å²) in [6, 6.07) is 5.04. The lowest BCUT2D eigenvalue weighted by molar-refractivity contribution is -0.118. The van der Waals surface area contributed by atoms with Gasteiger partial charge in [0, 0.05) is 17.1 Å². The fourth-order valence-corrected chi connectivity index (χ4v) is 2.45. The van der Waals surface area contributed by atoms with Gasteiger partial charge in [-0.25, -0.2) is 4.98 Å². The van der Waals surface area contributed by atoms with Crippen LogP contribution < -0.4 is 10.1 Å². The average Bonchev–Trinajstić information content (AvgIpc) is 2.90. The van der Waals surface area contributed by atoms with Crippen molar-refractivity contribution in [2.45, 2.75) is 6.42 Å². The van der Waals surface area contributed by atoms with Gasteiger partial charge in [0.25, 0.3) is 5.91 Å². The Bertz CT molecular complexity index is 637. The van der Waals surface area contributed by atoms with Gasteiger partial charge < -0.3 is 10.1 Å². The molecule has 1 aromatic heterocycles. The Morgan fingerprint density at radius 1 is 1.47 bits per heavy atom. The molecule has 2 aromatic rings. The Kier molecular flexibility index (Phi) is 3.00. The Balaban J connectivity index is 1.83. The predicted octanol–water partition coefficient (Wildman–Crippen LogP) is 1.90. The van der Waals surface area contributed by atoms with E-state index in [0.717, 1.165) is 5.01 Å². The van der Waals surface area contributed by atoms with Gasteiger partial charge in [-0.1, -0.05) is 0 Å². The Morgan fingerprint density at radius 3 is 3.16 bits per heavy atom. The zero-order valence-electron chi connectivity index (χ0n) is 9.88. The van der Waals surface area contributed by atoms with Crippen LogP contribution in [0, 0.1) is 0 Å². The normalized spacial score (nSPS) is 13.4. The molecule has 0 unspecified atom stereocenters. The molecule has 3 rings (SSSR count). The third kappa shape index (κ3) is 2.48. The maximum absolute atomic E-state index is 12.1. The van der Waals surface area contributed by atoms with Crippen molar-refractivity contribution < 1.29 is 14.3 Å². The van der Waals surface area contributed by atoms with E-state index in [0.29, 0.717) is 17.0 Å². The van der Waals surface area contributed by atoms with Crippen LogP contribution in [0.15, 0.2) is 29.8 Å². The van der Waals surface area contributed by atoms with Gasteiger partial charge in [0.05, 0.1) is 12.1 Å². The smallest absolute Gasteiger partial charge is 0.262 e. The van der Waals surface area contributed by atoms with E-state index in [1.54, 1.807) is 24.4 Å². The second-order valence-corrected chi connectivity index (χ2v) is 5.05. The van der Waals surface area contributed by atoms with Crippen LogP contribution in [0.3, 0.4) is 0 Å². The second kappa shape index (κ2) is 4.81. The lowest BCUT2D eigenvalue weighted by atomic mass is 10.1. The summed E-state index contributed by atoms with van der Waals surface area (Å²) in [6.45, 7) is 0.0133. The number of rotatable bonds is 3. The van der Waals surface area contributed by atoms with E-state index in [1.165, 1.54) is 11.3 Å². The second-order valence-electron chi connectivity index (χ2n) is 4.07. The van der Waals surface area contributed by atoms with Crippen LogP contribution >= 0.6 is 11.3 Å². The minimum atomic E-state index is -0.211. The van der Waals surface area contributed by atoms with Crippen LogP contribution in [0.5, 0.6) is 5.75 Å². The molecule has 0 spiro atoms. The topological polar surface area (TPSA) is 68.3 Å². The standard InChI is InChI=1S/C13H10N2O3S/c16-10(6-13-14-3-4-19-13)8-1-2-11-9(5-8)15-12(17)7-18-11/h1-5H,6-7H2,(H,15,17). The zero-order valence-corrected chi connectivity index (χ0v) is 10.7. The van der Waals surface area contributed by atoms with E-state index < -0.39 is 0 Å². The van der Waals surface area contributed by atoms with E-state index in [-0.39, 0.29) is 24.7 Å². The van der Waals surface area contributed by atoms with E-state index in [1.807, 2.05) is 5.38 Å². The van der Waals surface area contributed by atoms with E-state index in [9.17, 15) is 9.59 Å². The number of amides is 1. The van der Waals surface area contributed by atoms with E-state index >= 15 is 0 Å². The quantitative estimate of drug-likeness (QED) is 0.868. The van der Waals surface area contributed by atoms with Crippen molar-refractivity contribution in [2.75, 3.05) is 11.9 Å². The van der Waals surface area contributed by atoms with Crippen LogP contribution in [0.25, 0.3) is 0 Å². The molecule has 96 valence electrons. The number of ether oxygens (including phenoxy) is 1. The minimum absolute atomic E-state index is 0.0133. The van der Waals surface area contributed by atoms with Gasteiger partial charge in [-0.15, -0.1) is 11.3 Å². The number of hydrogen-bond donors (Lipinski definition) is 1. The molecule has 0 saturated carbocycles. The SMILES string of the molecule is O=C1COc2ccc(C(=O)Cc3nccs3)cc2N1. The lowest BCUT2D eigenvalue weighted by Gasteiger charge is -2.18. The predicted molar refractivity (Wildman–Crippen MR) is 70.7 cm³/mol. The number of carbonyl (C=O) groups excluding carboxylic acids is 2. The van der Waals surface area contributed by atoms with Crippen molar-refractivity contribution in [3.8, 4) is 5.75 Å². The van der Waals surface area contributed by atoms with Crippen molar-refractivity contribution >= 4 is 28.7 Å². The van der Waals surface area contributed by atoms with Gasteiger partial charge >= 0.3 is 0 Å². The molecule has 1 N–H and O–H groups in total. The highest BCUT2D eigenvalue weighted by Gasteiger charge is 2.18. The Hall–Kier alpha value is -2.21. The van der Waals surface area contributed by atoms with Gasteiger partial charge in [-0.3, -0.25) is 9.59 Å². The summed E-state index contributed by atoms with van der Waals surface area (Å²) < 4.78 is 5.24. The third-order valence-electron chi connectivity index (χ3n) is 2.73. The first-order chi connectivity index (χ1) is 9.22. The molecular weight excluding hydrogens is 264 g/mol. The minimum Gasteiger partial charge on any atom is -0.482 e. The molecule has 1 aromatic carbocycles. The molecule has 0 saturated heterocycles. The van der Waals surface area contributed by atoms with Crippen LogP contribution in [0.2, 0.25) is 0 Å². The first kappa shape index (κ1) is 11.9. The number of anilines is 1. The Labute approximate surface area is 113 Å². The van der Waals surface area contributed by atoms with E-state index in [4.69, 9.17) is 4.74 Å². The summed E-state index contributed by atoms with van der Waals surface area (Å²) in [4.78, 5) is 27.4. The van der Waals surface area contributed by atoms with Crippen LogP contribution in [0.1, 0.15) is 15.4 Å². The van der Waals surface area contributed by atoms with Crippen molar-refractivity contribution in [1.82, 2.24) is 4.98 Å². The molecule has 2 heterocycles. The summed E-state index contributed by atoms with van der Waals surface area (Å²) in [7, 11) is 0. The molecule has 0 fully saturated rings. The van der Waals surface area contributed by atoms with Gasteiger partial charge in [-0.05, 0) is 18.2 Å². The highest BCUT2D eigenvalue weighted by Crippen LogP contribution is 2.28. The number of thiazole rings is 1. The number of fused-ring (bicyclic) bond motifs is 1. The molecule has 6 heteroatoms. The number of Topliss-reactive ketones (excluding diaryl/α,β-unsaturated/α-hetero) is 1. The number of benzene rings is 1. The van der Waals surface area contributed by atoms with Gasteiger partial charge in [-0.2, -0.15) is 0 Å². The number of nitrogens with one attached hydrogen (secondary N) is 1. The Morgan fingerprint density at radius 2 is 2.37 bits per heavy atom. The summed E-state index contributed by atoms with van der Waals surface area (Å²) in [5.74, 6) is 0.347. The average molecular weight is 274 g/mol. The van der Waals surface area contributed by atoms with Crippen LogP contribution in [-0.2, 0) is 11.2 Å². The number of nitrogens with zero attached hydrogens (tertiary/aromatic N) is 1. The van der Waals surface area contributed by atoms with Gasteiger partial charge in [0.1, 0.15) is 10.8 Å². The van der Waals surface area contributed by atoms with Crippen LogP contribution in [-0.4, -0.2) is 23.3 Å². The maximum Gasteiger partial charge on any atom is 0.262 e. The number of carbonyl (C=O) groups is 2. The highest BCUT2D eigenvalue weighted by atomic mass is 32.1. The highest BCUT2D eigenvalue weighted by molar-refractivity contribution is 7.09.